The second-order valence-corrected chi connectivity index (χ2v) is 12.5. The molecule has 4 amide bonds. The van der Waals surface area contributed by atoms with Crippen molar-refractivity contribution in [2.45, 2.75) is 91.5 Å². The van der Waals surface area contributed by atoms with E-state index in [0.29, 0.717) is 31.7 Å². The van der Waals surface area contributed by atoms with Gasteiger partial charge in [-0.25, -0.2) is 4.79 Å². The van der Waals surface area contributed by atoms with Crippen LogP contribution in [0.3, 0.4) is 0 Å². The van der Waals surface area contributed by atoms with E-state index in [1.165, 1.54) is 0 Å². The molecular weight excluding hydrogens is 544 g/mol. The van der Waals surface area contributed by atoms with Crippen LogP contribution in [0.4, 0.5) is 4.79 Å². The second kappa shape index (κ2) is 16.3. The zero-order valence-electron chi connectivity index (χ0n) is 26.6. The van der Waals surface area contributed by atoms with E-state index in [1.807, 2.05) is 76.2 Å². The summed E-state index contributed by atoms with van der Waals surface area (Å²) >= 11 is 0. The van der Waals surface area contributed by atoms with Crippen LogP contribution >= 0.6 is 0 Å². The fourth-order valence-electron chi connectivity index (χ4n) is 5.81. The normalized spacial score (nSPS) is 16.3. The van der Waals surface area contributed by atoms with Crippen LogP contribution in [-0.2, 0) is 16.0 Å². The van der Waals surface area contributed by atoms with E-state index < -0.39 is 18.2 Å². The number of hydrogen-bond donors (Lipinski definition) is 4. The molecular formula is C34H50N4O5. The standard InChI is InChI=1S/C34H50N4O5/c1-22(2)18-27(36-30(40)21-43-32-24(5)12-10-13-25(32)6)20-29(39)28(19-26-14-8-7-9-15-26)37-33(41)31(23(3)4)38-17-11-16-35-34(38)42/h7-10,12-15,22-23,27-29,31,39H,11,16-21H2,1-6H3,(H,35,42)(H,36,40)(H,37,41)/t27-,28-,29-,31?/m0/s1. The average Bonchev–Trinajstić information content (AvgIpc) is 2.93. The van der Waals surface area contributed by atoms with Crippen LogP contribution in [0.1, 0.15) is 63.6 Å². The van der Waals surface area contributed by atoms with Gasteiger partial charge >= 0.3 is 6.03 Å². The predicted octanol–water partition coefficient (Wildman–Crippen LogP) is 4.13. The highest BCUT2D eigenvalue weighted by atomic mass is 16.5. The molecule has 9 nitrogen and oxygen atoms in total. The van der Waals surface area contributed by atoms with Crippen molar-refractivity contribution in [3.8, 4) is 5.75 Å². The maximum absolute atomic E-state index is 13.7. The summed E-state index contributed by atoms with van der Waals surface area (Å²) in [7, 11) is 0. The lowest BCUT2D eigenvalue weighted by atomic mass is 9.92. The molecule has 1 aliphatic rings. The molecule has 0 bridgehead atoms. The largest absolute Gasteiger partial charge is 0.483 e. The van der Waals surface area contributed by atoms with Crippen molar-refractivity contribution >= 4 is 17.8 Å². The number of ether oxygens (including phenoxy) is 1. The molecule has 1 saturated heterocycles. The molecule has 0 aliphatic carbocycles. The number of aryl methyl sites for hydroxylation is 2. The first-order valence-electron chi connectivity index (χ1n) is 15.5. The molecule has 0 spiro atoms. The minimum absolute atomic E-state index is 0.122. The Morgan fingerprint density at radius 3 is 2.26 bits per heavy atom. The fraction of sp³-hybridized carbons (Fsp3) is 0.559. The number of amides is 4. The van der Waals surface area contributed by atoms with Gasteiger partial charge in [0.25, 0.3) is 5.91 Å². The Hall–Kier alpha value is -3.59. The van der Waals surface area contributed by atoms with Crippen molar-refractivity contribution in [3.05, 3.63) is 65.2 Å². The molecule has 43 heavy (non-hydrogen) atoms. The lowest BCUT2D eigenvalue weighted by molar-refractivity contribution is -0.129. The second-order valence-electron chi connectivity index (χ2n) is 12.5. The summed E-state index contributed by atoms with van der Waals surface area (Å²) < 4.78 is 5.87. The number of nitrogens with one attached hydrogen (secondary N) is 3. The van der Waals surface area contributed by atoms with Crippen molar-refractivity contribution in [2.24, 2.45) is 11.8 Å². The minimum atomic E-state index is -0.948. The molecule has 0 radical (unpaired) electrons. The number of urea groups is 1. The van der Waals surface area contributed by atoms with E-state index in [-0.39, 0.29) is 48.8 Å². The first kappa shape index (κ1) is 33.9. The number of nitrogens with zero attached hydrogens (tertiary/aromatic N) is 1. The molecule has 1 heterocycles. The number of para-hydroxylation sites is 1. The Morgan fingerprint density at radius 1 is 0.977 bits per heavy atom. The Morgan fingerprint density at radius 2 is 1.65 bits per heavy atom. The zero-order valence-corrected chi connectivity index (χ0v) is 26.6. The SMILES string of the molecule is Cc1cccc(C)c1OCC(=O)N[C@@H](CC(C)C)C[C@H](O)[C@H](Cc1ccccc1)NC(=O)C(C(C)C)N1CCCNC1=O. The Labute approximate surface area is 256 Å². The minimum Gasteiger partial charge on any atom is -0.483 e. The summed E-state index contributed by atoms with van der Waals surface area (Å²) in [5.41, 5.74) is 2.89. The summed E-state index contributed by atoms with van der Waals surface area (Å²) in [5.74, 6) is 0.287. The smallest absolute Gasteiger partial charge is 0.318 e. The zero-order chi connectivity index (χ0) is 31.5. The molecule has 1 aliphatic heterocycles. The monoisotopic (exact) mass is 594 g/mol. The third-order valence-corrected chi connectivity index (χ3v) is 7.84. The summed E-state index contributed by atoms with van der Waals surface area (Å²) in [4.78, 5) is 40.9. The van der Waals surface area contributed by atoms with Crippen LogP contribution in [0.5, 0.6) is 5.75 Å². The van der Waals surface area contributed by atoms with E-state index in [9.17, 15) is 19.5 Å². The number of hydrogen-bond acceptors (Lipinski definition) is 5. The molecule has 4 atom stereocenters. The summed E-state index contributed by atoms with van der Waals surface area (Å²) in [6, 6.07) is 13.7. The lowest BCUT2D eigenvalue weighted by Gasteiger charge is -2.37. The number of aliphatic hydroxyl groups is 1. The molecule has 9 heteroatoms. The van der Waals surface area contributed by atoms with Gasteiger partial charge in [0, 0.05) is 19.1 Å². The maximum atomic E-state index is 13.7. The van der Waals surface area contributed by atoms with Crippen molar-refractivity contribution in [1.29, 1.82) is 0 Å². The number of rotatable bonds is 15. The first-order chi connectivity index (χ1) is 20.5. The van der Waals surface area contributed by atoms with Crippen molar-refractivity contribution in [2.75, 3.05) is 19.7 Å². The van der Waals surface area contributed by atoms with Crippen molar-refractivity contribution in [1.82, 2.24) is 20.9 Å². The average molecular weight is 595 g/mol. The quantitative estimate of drug-likeness (QED) is 0.247. The molecule has 1 unspecified atom stereocenters. The molecule has 4 N–H and O–H groups in total. The van der Waals surface area contributed by atoms with Gasteiger partial charge in [-0.05, 0) is 68.1 Å². The van der Waals surface area contributed by atoms with Gasteiger partial charge in [-0.1, -0.05) is 76.2 Å². The molecule has 2 aromatic carbocycles. The van der Waals surface area contributed by atoms with Gasteiger partial charge in [-0.15, -0.1) is 0 Å². The van der Waals surface area contributed by atoms with E-state index in [4.69, 9.17) is 4.74 Å². The van der Waals surface area contributed by atoms with Crippen LogP contribution in [0.15, 0.2) is 48.5 Å². The molecule has 2 aromatic rings. The van der Waals surface area contributed by atoms with Crippen LogP contribution in [0, 0.1) is 25.7 Å². The van der Waals surface area contributed by atoms with Gasteiger partial charge in [-0.3, -0.25) is 9.59 Å². The van der Waals surface area contributed by atoms with Gasteiger partial charge < -0.3 is 30.7 Å². The Bertz CT molecular complexity index is 1180. The molecule has 3 rings (SSSR count). The third kappa shape index (κ3) is 10.3. The van der Waals surface area contributed by atoms with Crippen molar-refractivity contribution in [3.63, 3.8) is 0 Å². The highest BCUT2D eigenvalue weighted by Crippen LogP contribution is 2.22. The molecule has 236 valence electrons. The van der Waals surface area contributed by atoms with E-state index in [0.717, 1.165) is 23.1 Å². The number of benzene rings is 2. The van der Waals surface area contributed by atoms with E-state index in [1.54, 1.807) is 4.90 Å². The van der Waals surface area contributed by atoms with Gasteiger partial charge in [0.05, 0.1) is 12.1 Å². The number of aliphatic hydroxyl groups excluding tert-OH is 1. The van der Waals surface area contributed by atoms with Crippen LogP contribution in [0.2, 0.25) is 0 Å². The summed E-state index contributed by atoms with van der Waals surface area (Å²) in [6.45, 7) is 12.8. The molecule has 1 fully saturated rings. The number of carbonyl (C=O) groups excluding carboxylic acids is 3. The van der Waals surface area contributed by atoms with E-state index in [2.05, 4.69) is 29.8 Å². The van der Waals surface area contributed by atoms with Gasteiger partial charge in [-0.2, -0.15) is 0 Å². The summed E-state index contributed by atoms with van der Waals surface area (Å²) in [5, 5.41) is 20.6. The number of carbonyl (C=O) groups is 3. The van der Waals surface area contributed by atoms with Crippen LogP contribution in [0.25, 0.3) is 0 Å². The van der Waals surface area contributed by atoms with Gasteiger partial charge in [0.15, 0.2) is 6.61 Å². The lowest BCUT2D eigenvalue weighted by Crippen LogP contribution is -2.60. The topological polar surface area (TPSA) is 120 Å². The Kier molecular flexibility index (Phi) is 12.9. The highest BCUT2D eigenvalue weighted by molar-refractivity contribution is 5.88. The molecule has 0 aromatic heterocycles. The van der Waals surface area contributed by atoms with E-state index >= 15 is 0 Å². The summed E-state index contributed by atoms with van der Waals surface area (Å²) in [6.07, 6.45) is 1.13. The van der Waals surface area contributed by atoms with Crippen LogP contribution in [-0.4, -0.2) is 71.8 Å². The highest BCUT2D eigenvalue weighted by Gasteiger charge is 2.36. The maximum Gasteiger partial charge on any atom is 0.318 e. The van der Waals surface area contributed by atoms with Crippen molar-refractivity contribution < 1.29 is 24.2 Å². The van der Waals surface area contributed by atoms with Gasteiger partial charge in [0.2, 0.25) is 5.91 Å². The third-order valence-electron chi connectivity index (χ3n) is 7.84. The molecule has 0 saturated carbocycles. The van der Waals surface area contributed by atoms with Gasteiger partial charge in [0.1, 0.15) is 11.8 Å². The fourth-order valence-corrected chi connectivity index (χ4v) is 5.81. The predicted molar refractivity (Wildman–Crippen MR) is 169 cm³/mol. The Balaban J connectivity index is 1.75. The van der Waals surface area contributed by atoms with Crippen LogP contribution < -0.4 is 20.7 Å². The first-order valence-corrected chi connectivity index (χ1v) is 15.5.